The molecular formula is C26H33N5O4S. The number of piperazine rings is 1. The summed E-state index contributed by atoms with van der Waals surface area (Å²) < 4.78 is 27.0. The van der Waals surface area contributed by atoms with Gasteiger partial charge in [-0.15, -0.1) is 0 Å². The van der Waals surface area contributed by atoms with Gasteiger partial charge in [0.05, 0.1) is 17.0 Å². The van der Waals surface area contributed by atoms with E-state index in [0.29, 0.717) is 62.5 Å². The van der Waals surface area contributed by atoms with E-state index in [9.17, 15) is 18.0 Å². The molecular weight excluding hydrogens is 478 g/mol. The van der Waals surface area contributed by atoms with Crippen LogP contribution in [0.15, 0.2) is 30.5 Å². The molecule has 4 heterocycles. The Morgan fingerprint density at radius 1 is 1.06 bits per heavy atom. The molecule has 2 aromatic rings. The molecule has 10 heteroatoms. The van der Waals surface area contributed by atoms with Crippen LogP contribution in [0.25, 0.3) is 0 Å². The third kappa shape index (κ3) is 4.42. The first-order valence-electron chi connectivity index (χ1n) is 12.6. The van der Waals surface area contributed by atoms with Gasteiger partial charge < -0.3 is 14.7 Å². The molecule has 3 aliphatic rings. The number of carbonyl (C=O) groups excluding carboxylic acids is 2. The summed E-state index contributed by atoms with van der Waals surface area (Å²) in [5.74, 6) is 0.830. The highest BCUT2D eigenvalue weighted by Crippen LogP contribution is 2.35. The molecule has 36 heavy (non-hydrogen) atoms. The highest BCUT2D eigenvalue weighted by atomic mass is 32.2. The predicted molar refractivity (Wildman–Crippen MR) is 140 cm³/mol. The number of hydrogen-bond acceptors (Lipinski definition) is 6. The van der Waals surface area contributed by atoms with Gasteiger partial charge >= 0.3 is 0 Å². The van der Waals surface area contributed by atoms with Crippen molar-refractivity contribution in [3.63, 3.8) is 0 Å². The maximum absolute atomic E-state index is 13.7. The number of hydrogen-bond donors (Lipinski definition) is 0. The second-order valence-electron chi connectivity index (χ2n) is 10.0. The van der Waals surface area contributed by atoms with E-state index in [1.165, 1.54) is 4.31 Å². The normalized spacial score (nSPS) is 22.0. The van der Waals surface area contributed by atoms with Crippen LogP contribution in [0.3, 0.4) is 0 Å². The maximum Gasteiger partial charge on any atom is 0.256 e. The van der Waals surface area contributed by atoms with Crippen LogP contribution in [-0.4, -0.2) is 74.6 Å². The van der Waals surface area contributed by atoms with Crippen molar-refractivity contribution in [2.45, 2.75) is 46.1 Å². The zero-order valence-electron chi connectivity index (χ0n) is 21.1. The quantitative estimate of drug-likeness (QED) is 0.627. The predicted octanol–water partition coefficient (Wildman–Crippen LogP) is 2.72. The minimum atomic E-state index is -3.50. The number of amides is 2. The Bertz CT molecular complexity index is 1300. The van der Waals surface area contributed by atoms with Crippen molar-refractivity contribution >= 4 is 39.0 Å². The Balaban J connectivity index is 1.42. The topological polar surface area (TPSA) is 94.1 Å². The van der Waals surface area contributed by atoms with E-state index in [2.05, 4.69) is 16.0 Å². The highest BCUT2D eigenvalue weighted by Gasteiger charge is 2.35. The Morgan fingerprint density at radius 2 is 1.81 bits per heavy atom. The summed E-state index contributed by atoms with van der Waals surface area (Å²) in [5.41, 5.74) is 3.60. The molecule has 9 nitrogen and oxygen atoms in total. The van der Waals surface area contributed by atoms with Gasteiger partial charge in [-0.05, 0) is 62.9 Å². The lowest BCUT2D eigenvalue weighted by molar-refractivity contribution is -0.117. The molecule has 192 valence electrons. The lowest BCUT2D eigenvalue weighted by Crippen LogP contribution is -2.49. The first kappa shape index (κ1) is 24.5. The number of aryl methyl sites for hydroxylation is 2. The first-order valence-corrected chi connectivity index (χ1v) is 14.2. The molecule has 0 radical (unpaired) electrons. The van der Waals surface area contributed by atoms with E-state index < -0.39 is 10.0 Å². The standard InChI is InChI=1S/C26H33N5O4S/c1-18-15-19(2)25(27-17-18)28-10-12-29(13-11-28)26(33)22-7-6-21(31-20(3)5-8-24(31)32)16-23(22)30-9-4-14-36(30,34)35/h6-7,15-17,20H,4-5,8-14H2,1-3H3. The van der Waals surface area contributed by atoms with E-state index in [1.807, 2.05) is 27.0 Å². The molecule has 5 rings (SSSR count). The van der Waals surface area contributed by atoms with Crippen molar-refractivity contribution in [3.8, 4) is 0 Å². The van der Waals surface area contributed by atoms with Gasteiger partial charge in [0.1, 0.15) is 5.82 Å². The SMILES string of the molecule is Cc1cnc(N2CCN(C(=O)c3ccc(N4C(=O)CCC4C)cc3N3CCCS3(=O)=O)CC2)c(C)c1. The summed E-state index contributed by atoms with van der Waals surface area (Å²) in [6, 6.07) is 7.32. The number of aromatic nitrogens is 1. The summed E-state index contributed by atoms with van der Waals surface area (Å²) >= 11 is 0. The molecule has 0 N–H and O–H groups in total. The minimum absolute atomic E-state index is 0.0212. The van der Waals surface area contributed by atoms with Crippen LogP contribution in [0.4, 0.5) is 17.2 Å². The fraction of sp³-hybridized carbons (Fsp3) is 0.500. The Labute approximate surface area is 212 Å². The van der Waals surface area contributed by atoms with Crippen LogP contribution in [0.5, 0.6) is 0 Å². The maximum atomic E-state index is 13.7. The van der Waals surface area contributed by atoms with Gasteiger partial charge in [0, 0.05) is 57.1 Å². The lowest BCUT2D eigenvalue weighted by atomic mass is 10.1. The van der Waals surface area contributed by atoms with Gasteiger partial charge in [-0.25, -0.2) is 13.4 Å². The third-order valence-corrected chi connectivity index (χ3v) is 9.25. The third-order valence-electron chi connectivity index (χ3n) is 7.40. The van der Waals surface area contributed by atoms with E-state index in [1.54, 1.807) is 28.0 Å². The van der Waals surface area contributed by atoms with Gasteiger partial charge in [-0.1, -0.05) is 6.07 Å². The molecule has 3 aliphatic heterocycles. The fourth-order valence-electron chi connectivity index (χ4n) is 5.52. The number of anilines is 3. The molecule has 3 fully saturated rings. The molecule has 0 aliphatic carbocycles. The number of pyridine rings is 1. The van der Waals surface area contributed by atoms with Crippen LogP contribution < -0.4 is 14.1 Å². The van der Waals surface area contributed by atoms with Crippen molar-refractivity contribution < 1.29 is 18.0 Å². The van der Waals surface area contributed by atoms with E-state index in [-0.39, 0.29) is 23.6 Å². The van der Waals surface area contributed by atoms with Crippen molar-refractivity contribution in [1.82, 2.24) is 9.88 Å². The molecule has 0 bridgehead atoms. The fourth-order valence-corrected chi connectivity index (χ4v) is 7.10. The molecule has 2 amide bonds. The van der Waals surface area contributed by atoms with Gasteiger partial charge in [0.25, 0.3) is 5.91 Å². The average molecular weight is 512 g/mol. The van der Waals surface area contributed by atoms with Crippen molar-refractivity contribution in [1.29, 1.82) is 0 Å². The van der Waals surface area contributed by atoms with Gasteiger partial charge in [0.15, 0.2) is 0 Å². The second-order valence-corrected chi connectivity index (χ2v) is 12.0. The number of benzene rings is 1. The van der Waals surface area contributed by atoms with Gasteiger partial charge in [-0.2, -0.15) is 0 Å². The van der Waals surface area contributed by atoms with Crippen LogP contribution >= 0.6 is 0 Å². The molecule has 1 aromatic carbocycles. The molecule has 1 unspecified atom stereocenters. The molecule has 0 spiro atoms. The van der Waals surface area contributed by atoms with Crippen molar-refractivity contribution in [3.05, 3.63) is 47.2 Å². The highest BCUT2D eigenvalue weighted by molar-refractivity contribution is 7.93. The largest absolute Gasteiger partial charge is 0.353 e. The zero-order valence-corrected chi connectivity index (χ0v) is 21.9. The number of sulfonamides is 1. The van der Waals surface area contributed by atoms with Crippen molar-refractivity contribution in [2.75, 3.05) is 52.6 Å². The summed E-state index contributed by atoms with van der Waals surface area (Å²) in [6.45, 7) is 8.72. The molecule has 1 aromatic heterocycles. The number of carbonyl (C=O) groups is 2. The first-order chi connectivity index (χ1) is 17.2. The molecule has 1 atom stereocenters. The van der Waals surface area contributed by atoms with E-state index in [4.69, 9.17) is 0 Å². The van der Waals surface area contributed by atoms with Gasteiger partial charge in [0.2, 0.25) is 15.9 Å². The molecule has 3 saturated heterocycles. The number of rotatable bonds is 4. The second kappa shape index (κ2) is 9.38. The Morgan fingerprint density at radius 3 is 2.42 bits per heavy atom. The minimum Gasteiger partial charge on any atom is -0.353 e. The van der Waals surface area contributed by atoms with Crippen LogP contribution in [0.2, 0.25) is 0 Å². The van der Waals surface area contributed by atoms with E-state index >= 15 is 0 Å². The van der Waals surface area contributed by atoms with Crippen LogP contribution in [0.1, 0.15) is 47.7 Å². The number of nitrogens with zero attached hydrogens (tertiary/aromatic N) is 5. The summed E-state index contributed by atoms with van der Waals surface area (Å²) in [6.07, 6.45) is 3.60. The van der Waals surface area contributed by atoms with Crippen molar-refractivity contribution in [2.24, 2.45) is 0 Å². The zero-order chi connectivity index (χ0) is 25.6. The summed E-state index contributed by atoms with van der Waals surface area (Å²) in [5, 5.41) is 0. The Kier molecular flexibility index (Phi) is 6.40. The van der Waals surface area contributed by atoms with Gasteiger partial charge in [-0.3, -0.25) is 13.9 Å². The molecule has 0 saturated carbocycles. The summed E-state index contributed by atoms with van der Waals surface area (Å²) in [7, 11) is -3.50. The van der Waals surface area contributed by atoms with Crippen LogP contribution in [-0.2, 0) is 14.8 Å². The average Bonchev–Trinajstić information content (AvgIpc) is 3.38. The van der Waals surface area contributed by atoms with E-state index in [0.717, 1.165) is 23.4 Å². The monoisotopic (exact) mass is 511 g/mol. The lowest BCUT2D eigenvalue weighted by Gasteiger charge is -2.36. The summed E-state index contributed by atoms with van der Waals surface area (Å²) in [4.78, 5) is 36.5. The van der Waals surface area contributed by atoms with Crippen LogP contribution in [0, 0.1) is 13.8 Å². The smallest absolute Gasteiger partial charge is 0.256 e. The Hall–Kier alpha value is -3.14.